The van der Waals surface area contributed by atoms with Gasteiger partial charge in [-0.1, -0.05) is 17.7 Å². The van der Waals surface area contributed by atoms with Gasteiger partial charge in [0.05, 0.1) is 11.4 Å². The fourth-order valence-corrected chi connectivity index (χ4v) is 3.97. The van der Waals surface area contributed by atoms with Crippen molar-refractivity contribution >= 4 is 39.9 Å². The molecule has 0 bridgehead atoms. The number of anilines is 2. The van der Waals surface area contributed by atoms with E-state index in [0.717, 1.165) is 22.4 Å². The molecular formula is C22H19N3O3S. The summed E-state index contributed by atoms with van der Waals surface area (Å²) in [7, 11) is 0. The Morgan fingerprint density at radius 1 is 1.03 bits per heavy atom. The number of thiazole rings is 1. The van der Waals surface area contributed by atoms with E-state index in [2.05, 4.69) is 28.5 Å². The summed E-state index contributed by atoms with van der Waals surface area (Å²) in [6.07, 6.45) is 0.460. The molecule has 0 spiro atoms. The Morgan fingerprint density at radius 3 is 2.41 bits per heavy atom. The van der Waals surface area contributed by atoms with Crippen molar-refractivity contribution in [2.75, 3.05) is 10.2 Å². The van der Waals surface area contributed by atoms with Crippen molar-refractivity contribution in [1.29, 1.82) is 0 Å². The zero-order valence-corrected chi connectivity index (χ0v) is 16.9. The zero-order chi connectivity index (χ0) is 20.5. The number of carbonyl (C=O) groups is 3. The van der Waals surface area contributed by atoms with Gasteiger partial charge < -0.3 is 0 Å². The Kier molecular flexibility index (Phi) is 4.98. The lowest BCUT2D eigenvalue weighted by atomic mass is 10.0. The van der Waals surface area contributed by atoms with Gasteiger partial charge in [-0.2, -0.15) is 0 Å². The highest BCUT2D eigenvalue weighted by atomic mass is 32.1. The topological polar surface area (TPSA) is 79.4 Å². The molecule has 1 saturated heterocycles. The number of amides is 3. The van der Waals surface area contributed by atoms with Gasteiger partial charge >= 0.3 is 0 Å². The van der Waals surface area contributed by atoms with Crippen LogP contribution in [0, 0.1) is 13.8 Å². The Morgan fingerprint density at radius 2 is 1.72 bits per heavy atom. The van der Waals surface area contributed by atoms with Gasteiger partial charge in [0.15, 0.2) is 5.13 Å². The van der Waals surface area contributed by atoms with Crippen molar-refractivity contribution in [2.24, 2.45) is 0 Å². The Labute approximate surface area is 172 Å². The molecule has 0 unspecified atom stereocenters. The van der Waals surface area contributed by atoms with E-state index in [0.29, 0.717) is 16.4 Å². The smallest absolute Gasteiger partial charge is 0.257 e. The van der Waals surface area contributed by atoms with Gasteiger partial charge in [0.2, 0.25) is 11.8 Å². The minimum absolute atomic E-state index is 0.214. The molecule has 1 N–H and O–H groups in total. The lowest BCUT2D eigenvalue weighted by molar-refractivity contribution is -0.121. The minimum Gasteiger partial charge on any atom is -0.298 e. The lowest BCUT2D eigenvalue weighted by Gasteiger charge is -2.13. The SMILES string of the molecule is Cc1ccc(C)c(-c2csc(NC(=O)c3ccc(N4C(=O)CCC4=O)cc3)n2)c1. The highest BCUT2D eigenvalue weighted by Crippen LogP contribution is 2.29. The molecule has 7 heteroatoms. The van der Waals surface area contributed by atoms with E-state index in [4.69, 9.17) is 0 Å². The van der Waals surface area contributed by atoms with E-state index in [1.165, 1.54) is 16.2 Å². The molecule has 2 aromatic carbocycles. The number of rotatable bonds is 4. The summed E-state index contributed by atoms with van der Waals surface area (Å²) in [4.78, 5) is 41.9. The van der Waals surface area contributed by atoms with Crippen LogP contribution in [0.1, 0.15) is 34.3 Å². The van der Waals surface area contributed by atoms with Crippen LogP contribution in [0.25, 0.3) is 11.3 Å². The van der Waals surface area contributed by atoms with Gasteiger partial charge in [-0.05, 0) is 49.7 Å². The summed E-state index contributed by atoms with van der Waals surface area (Å²) < 4.78 is 0. The molecule has 146 valence electrons. The highest BCUT2D eigenvalue weighted by molar-refractivity contribution is 7.14. The van der Waals surface area contributed by atoms with E-state index < -0.39 is 0 Å². The maximum Gasteiger partial charge on any atom is 0.257 e. The predicted octanol–water partition coefficient (Wildman–Crippen LogP) is 4.33. The number of hydrogen-bond acceptors (Lipinski definition) is 5. The van der Waals surface area contributed by atoms with E-state index in [1.54, 1.807) is 24.3 Å². The van der Waals surface area contributed by atoms with Crippen LogP contribution in [-0.4, -0.2) is 22.7 Å². The highest BCUT2D eigenvalue weighted by Gasteiger charge is 2.30. The average Bonchev–Trinajstić information content (AvgIpc) is 3.30. The van der Waals surface area contributed by atoms with Crippen LogP contribution in [0.2, 0.25) is 0 Å². The maximum absolute atomic E-state index is 12.6. The molecule has 0 aliphatic carbocycles. The molecule has 4 rings (SSSR count). The summed E-state index contributed by atoms with van der Waals surface area (Å²) in [6, 6.07) is 12.6. The first-order valence-corrected chi connectivity index (χ1v) is 10.1. The first kappa shape index (κ1) is 19.0. The van der Waals surface area contributed by atoms with Crippen molar-refractivity contribution in [1.82, 2.24) is 4.98 Å². The van der Waals surface area contributed by atoms with E-state index in [-0.39, 0.29) is 30.6 Å². The van der Waals surface area contributed by atoms with Crippen molar-refractivity contribution in [3.05, 3.63) is 64.5 Å². The number of benzene rings is 2. The number of imide groups is 1. The monoisotopic (exact) mass is 405 g/mol. The molecule has 3 amide bonds. The molecule has 6 nitrogen and oxygen atoms in total. The third-order valence-electron chi connectivity index (χ3n) is 4.83. The average molecular weight is 405 g/mol. The molecular weight excluding hydrogens is 386 g/mol. The first-order valence-electron chi connectivity index (χ1n) is 9.23. The van der Waals surface area contributed by atoms with Crippen LogP contribution in [-0.2, 0) is 9.59 Å². The van der Waals surface area contributed by atoms with Crippen molar-refractivity contribution < 1.29 is 14.4 Å². The van der Waals surface area contributed by atoms with Gasteiger partial charge in [0.25, 0.3) is 5.91 Å². The standard InChI is InChI=1S/C22H19N3O3S/c1-13-3-4-14(2)17(11-13)18-12-29-22(23-18)24-21(28)15-5-7-16(8-6-15)25-19(26)9-10-20(25)27/h3-8,11-12H,9-10H2,1-2H3,(H,23,24,28). The van der Waals surface area contributed by atoms with Crippen LogP contribution in [0.3, 0.4) is 0 Å². The van der Waals surface area contributed by atoms with Gasteiger partial charge in [0, 0.05) is 29.3 Å². The molecule has 3 aromatic rings. The molecule has 0 atom stereocenters. The fourth-order valence-electron chi connectivity index (χ4n) is 3.26. The molecule has 1 aliphatic heterocycles. The molecule has 2 heterocycles. The fraction of sp³-hybridized carbons (Fsp3) is 0.182. The molecule has 1 aromatic heterocycles. The lowest BCUT2D eigenvalue weighted by Crippen LogP contribution is -2.28. The predicted molar refractivity (Wildman–Crippen MR) is 113 cm³/mol. The maximum atomic E-state index is 12.6. The van der Waals surface area contributed by atoms with Crippen LogP contribution in [0.15, 0.2) is 47.8 Å². The van der Waals surface area contributed by atoms with E-state index in [9.17, 15) is 14.4 Å². The van der Waals surface area contributed by atoms with Crippen LogP contribution in [0.5, 0.6) is 0 Å². The summed E-state index contributed by atoms with van der Waals surface area (Å²) in [5.74, 6) is -0.722. The second-order valence-corrected chi connectivity index (χ2v) is 7.84. The van der Waals surface area contributed by atoms with Crippen LogP contribution < -0.4 is 10.2 Å². The second kappa shape index (κ2) is 7.60. The van der Waals surface area contributed by atoms with Gasteiger partial charge in [-0.15, -0.1) is 11.3 Å². The number of nitrogens with one attached hydrogen (secondary N) is 1. The second-order valence-electron chi connectivity index (χ2n) is 6.98. The van der Waals surface area contributed by atoms with E-state index in [1.807, 2.05) is 19.2 Å². The molecule has 0 saturated carbocycles. The largest absolute Gasteiger partial charge is 0.298 e. The van der Waals surface area contributed by atoms with Gasteiger partial charge in [-0.3, -0.25) is 24.6 Å². The first-order chi connectivity index (χ1) is 13.9. The van der Waals surface area contributed by atoms with Crippen molar-refractivity contribution in [3.63, 3.8) is 0 Å². The summed E-state index contributed by atoms with van der Waals surface area (Å²) in [5, 5.41) is 5.25. The number of aromatic nitrogens is 1. The quantitative estimate of drug-likeness (QED) is 0.655. The van der Waals surface area contributed by atoms with Crippen LogP contribution in [0.4, 0.5) is 10.8 Å². The molecule has 29 heavy (non-hydrogen) atoms. The molecule has 1 fully saturated rings. The van der Waals surface area contributed by atoms with Crippen molar-refractivity contribution in [3.8, 4) is 11.3 Å². The number of carbonyl (C=O) groups excluding carboxylic acids is 3. The Bertz CT molecular complexity index is 1100. The van der Waals surface area contributed by atoms with Crippen LogP contribution >= 0.6 is 11.3 Å². The normalized spacial score (nSPS) is 13.8. The van der Waals surface area contributed by atoms with Gasteiger partial charge in [-0.25, -0.2) is 4.98 Å². The third-order valence-corrected chi connectivity index (χ3v) is 5.59. The number of hydrogen-bond donors (Lipinski definition) is 1. The number of aryl methyl sites for hydroxylation is 2. The molecule has 0 radical (unpaired) electrons. The Hall–Kier alpha value is -3.32. The summed E-state index contributed by atoms with van der Waals surface area (Å²) in [5.41, 5.74) is 5.07. The third kappa shape index (κ3) is 3.82. The van der Waals surface area contributed by atoms with E-state index >= 15 is 0 Å². The summed E-state index contributed by atoms with van der Waals surface area (Å²) >= 11 is 1.37. The Balaban J connectivity index is 1.49. The van der Waals surface area contributed by atoms with Crippen molar-refractivity contribution in [2.45, 2.75) is 26.7 Å². The number of nitrogens with zero attached hydrogens (tertiary/aromatic N) is 2. The zero-order valence-electron chi connectivity index (χ0n) is 16.1. The molecule has 1 aliphatic rings. The minimum atomic E-state index is -0.294. The van der Waals surface area contributed by atoms with Gasteiger partial charge in [0.1, 0.15) is 0 Å². The summed E-state index contributed by atoms with van der Waals surface area (Å²) in [6.45, 7) is 4.06.